The van der Waals surface area contributed by atoms with E-state index in [-0.39, 0.29) is 36.2 Å². The minimum Gasteiger partial charge on any atom is -0.481 e. The fraction of sp³-hybridized carbons (Fsp3) is 0.615. The van der Waals surface area contributed by atoms with E-state index in [1.807, 2.05) is 6.92 Å². The Balaban J connectivity index is -0.000000385. The van der Waals surface area contributed by atoms with Gasteiger partial charge in [0.1, 0.15) is 6.61 Å². The van der Waals surface area contributed by atoms with Crippen molar-refractivity contribution in [2.45, 2.75) is 38.9 Å². The SMILES string of the molecule is CC=CC(=O)OCC(CCC)C(=O)O.[CH2-]C(C)S(=O)(=O)O.[Na+]. The van der Waals surface area contributed by atoms with E-state index in [0.717, 1.165) is 6.42 Å². The first-order valence-corrected chi connectivity index (χ1v) is 7.88. The van der Waals surface area contributed by atoms with Gasteiger partial charge in [0.25, 0.3) is 0 Å². The molecule has 2 unspecified atom stereocenters. The van der Waals surface area contributed by atoms with Crippen molar-refractivity contribution in [3.63, 3.8) is 0 Å². The molecule has 7 nitrogen and oxygen atoms in total. The number of aliphatic carboxylic acids is 1. The first kappa shape index (κ1) is 26.5. The smallest absolute Gasteiger partial charge is 0.481 e. The zero-order valence-corrected chi connectivity index (χ0v) is 16.3. The number of carboxylic acid groups (broad SMARTS) is 1. The zero-order chi connectivity index (χ0) is 17.1. The Hall–Kier alpha value is -0.410. The largest absolute Gasteiger partial charge is 1.00 e. The van der Waals surface area contributed by atoms with Gasteiger partial charge < -0.3 is 16.8 Å². The van der Waals surface area contributed by atoms with Crippen LogP contribution >= 0.6 is 0 Å². The number of allylic oxidation sites excluding steroid dienone is 1. The molecule has 0 radical (unpaired) electrons. The van der Waals surface area contributed by atoms with E-state index < -0.39 is 33.2 Å². The molecule has 0 aromatic rings. The summed E-state index contributed by atoms with van der Waals surface area (Å²) in [6.07, 6.45) is 4.11. The topological polar surface area (TPSA) is 118 Å². The van der Waals surface area contributed by atoms with Gasteiger partial charge in [-0.15, -0.1) is 0 Å². The third-order valence-corrected chi connectivity index (χ3v) is 3.24. The average molecular weight is 346 g/mol. The van der Waals surface area contributed by atoms with Gasteiger partial charge in [0, 0.05) is 6.08 Å². The second kappa shape index (κ2) is 14.2. The maximum Gasteiger partial charge on any atom is 1.00 e. The fourth-order valence-electron chi connectivity index (χ4n) is 0.993. The summed E-state index contributed by atoms with van der Waals surface area (Å²) in [6.45, 7) is 7.91. The van der Waals surface area contributed by atoms with Crippen molar-refractivity contribution < 1.29 is 62.0 Å². The summed E-state index contributed by atoms with van der Waals surface area (Å²) in [7, 11) is -3.85. The van der Waals surface area contributed by atoms with E-state index in [2.05, 4.69) is 6.92 Å². The van der Waals surface area contributed by atoms with E-state index in [1.54, 1.807) is 13.0 Å². The van der Waals surface area contributed by atoms with Gasteiger partial charge in [-0.1, -0.05) is 26.3 Å². The van der Waals surface area contributed by atoms with Crippen LogP contribution in [0, 0.1) is 12.8 Å². The van der Waals surface area contributed by atoms with Crippen LogP contribution in [0.4, 0.5) is 0 Å². The quantitative estimate of drug-likeness (QED) is 0.193. The number of hydrogen-bond donors (Lipinski definition) is 2. The summed E-state index contributed by atoms with van der Waals surface area (Å²) in [4.78, 5) is 21.5. The molecule has 0 saturated heterocycles. The fourth-order valence-corrected chi connectivity index (χ4v) is 0.993. The molecule has 0 spiro atoms. The summed E-state index contributed by atoms with van der Waals surface area (Å²) in [5.74, 6) is -2.00. The van der Waals surface area contributed by atoms with Crippen LogP contribution in [-0.4, -0.2) is 41.9 Å². The van der Waals surface area contributed by atoms with Gasteiger partial charge in [0.2, 0.25) is 10.1 Å². The Bertz CT molecular complexity index is 443. The van der Waals surface area contributed by atoms with Crippen molar-refractivity contribution in [3.05, 3.63) is 19.1 Å². The Morgan fingerprint density at radius 2 is 1.82 bits per heavy atom. The standard InChI is InChI=1S/C10H16O4.C3H7O3S.Na/c1-3-5-8(10(12)13)7-14-9(11)6-4-2;1-3(2)7(4,5)6;/h4,6,8H,3,5,7H2,1-2H3,(H,12,13);3H,1H2,2H3,(H,4,5,6);/q;-1;+1. The number of carbonyl (C=O) groups is 2. The van der Waals surface area contributed by atoms with Crippen LogP contribution in [0.2, 0.25) is 0 Å². The van der Waals surface area contributed by atoms with Crippen molar-refractivity contribution in [1.29, 1.82) is 0 Å². The van der Waals surface area contributed by atoms with Crippen molar-refractivity contribution in [1.82, 2.24) is 0 Å². The second-order valence-corrected chi connectivity index (χ2v) is 6.11. The molecule has 2 atom stereocenters. The van der Waals surface area contributed by atoms with Crippen LogP contribution < -0.4 is 29.6 Å². The van der Waals surface area contributed by atoms with Crippen molar-refractivity contribution in [2.24, 2.45) is 5.92 Å². The molecule has 2 N–H and O–H groups in total. The molecule has 0 bridgehead atoms. The maximum atomic E-state index is 10.9. The maximum absolute atomic E-state index is 10.9. The molecule has 0 aromatic carbocycles. The molecular formula is C13H23NaO7S. The predicted molar refractivity (Wildman–Crippen MR) is 78.2 cm³/mol. The molecule has 0 saturated carbocycles. The summed E-state index contributed by atoms with van der Waals surface area (Å²) in [6, 6.07) is 0. The molecule has 0 rings (SSSR count). The predicted octanol–water partition coefficient (Wildman–Crippen LogP) is -1.29. The summed E-state index contributed by atoms with van der Waals surface area (Å²) in [5.41, 5.74) is 0. The van der Waals surface area contributed by atoms with Crippen molar-refractivity contribution >= 4 is 22.1 Å². The molecule has 0 aliphatic rings. The Kier molecular flexibility index (Phi) is 17.1. The number of carboxylic acids is 1. The molecule has 0 fully saturated rings. The van der Waals surface area contributed by atoms with E-state index in [9.17, 15) is 18.0 Å². The summed E-state index contributed by atoms with van der Waals surface area (Å²) < 4.78 is 32.4. The van der Waals surface area contributed by atoms with Crippen LogP contribution in [0.3, 0.4) is 0 Å². The first-order chi connectivity index (χ1) is 9.56. The molecule has 0 amide bonds. The molecule has 0 aliphatic heterocycles. The summed E-state index contributed by atoms with van der Waals surface area (Å²) >= 11 is 0. The Morgan fingerprint density at radius 1 is 1.36 bits per heavy atom. The van der Waals surface area contributed by atoms with Crippen LogP contribution in [0.15, 0.2) is 12.2 Å². The van der Waals surface area contributed by atoms with Crippen LogP contribution in [0.25, 0.3) is 0 Å². The van der Waals surface area contributed by atoms with Gasteiger partial charge in [0.15, 0.2) is 0 Å². The molecular weight excluding hydrogens is 323 g/mol. The third kappa shape index (κ3) is 16.0. The van der Waals surface area contributed by atoms with Crippen LogP contribution in [0.1, 0.15) is 33.6 Å². The number of carbonyl (C=O) groups excluding carboxylic acids is 1. The zero-order valence-electron chi connectivity index (χ0n) is 13.5. The van der Waals surface area contributed by atoms with Crippen LogP contribution in [0.5, 0.6) is 0 Å². The first-order valence-electron chi connectivity index (χ1n) is 6.37. The van der Waals surface area contributed by atoms with E-state index >= 15 is 0 Å². The molecule has 9 heteroatoms. The number of rotatable bonds is 7. The van der Waals surface area contributed by atoms with E-state index in [0.29, 0.717) is 6.42 Å². The molecule has 22 heavy (non-hydrogen) atoms. The van der Waals surface area contributed by atoms with E-state index in [1.165, 1.54) is 13.0 Å². The van der Waals surface area contributed by atoms with Gasteiger partial charge in [-0.05, 0) is 18.6 Å². The third-order valence-electron chi connectivity index (χ3n) is 2.22. The number of hydrogen-bond acceptors (Lipinski definition) is 5. The van der Waals surface area contributed by atoms with Gasteiger partial charge in [-0.3, -0.25) is 9.35 Å². The average Bonchev–Trinajstić information content (AvgIpc) is 2.34. The van der Waals surface area contributed by atoms with Crippen molar-refractivity contribution in [3.8, 4) is 0 Å². The second-order valence-electron chi connectivity index (χ2n) is 4.28. The molecule has 0 aliphatic carbocycles. The Morgan fingerprint density at radius 3 is 2.09 bits per heavy atom. The minimum absolute atomic E-state index is 0. The van der Waals surface area contributed by atoms with Gasteiger partial charge in [-0.25, -0.2) is 13.2 Å². The van der Waals surface area contributed by atoms with Crippen molar-refractivity contribution in [2.75, 3.05) is 6.61 Å². The molecule has 0 aromatic heterocycles. The molecule has 124 valence electrons. The van der Waals surface area contributed by atoms with Gasteiger partial charge in [-0.2, -0.15) is 0 Å². The Labute approximate surface area is 154 Å². The minimum atomic E-state index is -3.85. The monoisotopic (exact) mass is 346 g/mol. The van der Waals surface area contributed by atoms with E-state index in [4.69, 9.17) is 14.4 Å². The molecule has 0 heterocycles. The van der Waals surface area contributed by atoms with Crippen LogP contribution in [-0.2, 0) is 24.4 Å². The number of esters is 1. The van der Waals surface area contributed by atoms with Gasteiger partial charge in [0.05, 0.1) is 5.92 Å². The summed E-state index contributed by atoms with van der Waals surface area (Å²) in [5, 5.41) is 7.81. The number of ether oxygens (including phenoxy) is 1. The normalized spacial score (nSPS) is 13.3. The van der Waals surface area contributed by atoms with Gasteiger partial charge >= 0.3 is 41.5 Å².